The van der Waals surface area contributed by atoms with E-state index in [2.05, 4.69) is 39.2 Å². The summed E-state index contributed by atoms with van der Waals surface area (Å²) in [6, 6.07) is 4.79. The summed E-state index contributed by atoms with van der Waals surface area (Å²) in [4.78, 5) is 23.4. The molecule has 1 fully saturated rings. The van der Waals surface area contributed by atoms with Crippen LogP contribution in [-0.2, 0) is 0 Å². The number of alkyl halides is 2. The monoisotopic (exact) mass is 379 g/mol. The standard InChI is InChI=1S/C19H27F2N5O/c1-25(2)9-10-26-7-5-13(6-8-26)12-22-19(27)14-3-4-15-16(11-14)24-18(23-15)17(20)21/h3-4,11,13,17H,5-10,12H2,1-2H3,(H,22,27)(H,23,24). The number of rotatable bonds is 7. The van der Waals surface area contributed by atoms with Crippen molar-refractivity contribution in [2.45, 2.75) is 19.3 Å². The molecule has 148 valence electrons. The van der Waals surface area contributed by atoms with Gasteiger partial charge in [-0.2, -0.15) is 0 Å². The molecule has 1 aliphatic heterocycles. The molecule has 27 heavy (non-hydrogen) atoms. The smallest absolute Gasteiger partial charge is 0.295 e. The summed E-state index contributed by atoms with van der Waals surface area (Å²) >= 11 is 0. The number of likely N-dealkylation sites (N-methyl/N-ethyl adjacent to an activating group) is 1. The number of aromatic nitrogens is 2. The zero-order chi connectivity index (χ0) is 19.4. The summed E-state index contributed by atoms with van der Waals surface area (Å²) in [7, 11) is 4.16. The lowest BCUT2D eigenvalue weighted by Gasteiger charge is -2.32. The van der Waals surface area contributed by atoms with Crippen LogP contribution in [0, 0.1) is 5.92 Å². The van der Waals surface area contributed by atoms with E-state index in [1.165, 1.54) is 0 Å². The predicted octanol–water partition coefficient (Wildman–Crippen LogP) is 2.50. The van der Waals surface area contributed by atoms with E-state index in [1.807, 2.05) is 0 Å². The first kappa shape index (κ1) is 19.7. The normalized spacial score (nSPS) is 16.5. The van der Waals surface area contributed by atoms with Crippen LogP contribution in [0.25, 0.3) is 11.0 Å². The average molecular weight is 379 g/mol. The highest BCUT2D eigenvalue weighted by Gasteiger charge is 2.20. The number of carbonyl (C=O) groups excluding carboxylic acids is 1. The van der Waals surface area contributed by atoms with Crippen LogP contribution in [0.4, 0.5) is 8.78 Å². The molecule has 8 heteroatoms. The number of benzene rings is 1. The van der Waals surface area contributed by atoms with Crippen molar-refractivity contribution >= 4 is 16.9 Å². The first-order chi connectivity index (χ1) is 12.9. The lowest BCUT2D eigenvalue weighted by Crippen LogP contribution is -2.41. The fourth-order valence-electron chi connectivity index (χ4n) is 3.37. The highest BCUT2D eigenvalue weighted by Crippen LogP contribution is 2.21. The van der Waals surface area contributed by atoms with Crippen molar-refractivity contribution in [2.24, 2.45) is 5.92 Å². The highest BCUT2D eigenvalue weighted by atomic mass is 19.3. The van der Waals surface area contributed by atoms with Crippen molar-refractivity contribution in [3.8, 4) is 0 Å². The first-order valence-corrected chi connectivity index (χ1v) is 9.35. The second-order valence-corrected chi connectivity index (χ2v) is 7.45. The Balaban J connectivity index is 1.49. The van der Waals surface area contributed by atoms with Crippen LogP contribution in [0.1, 0.15) is 35.4 Å². The molecule has 6 nitrogen and oxygen atoms in total. The van der Waals surface area contributed by atoms with Crippen molar-refractivity contribution in [3.63, 3.8) is 0 Å². The molecule has 1 amide bonds. The zero-order valence-corrected chi connectivity index (χ0v) is 15.8. The van der Waals surface area contributed by atoms with Gasteiger partial charge in [0, 0.05) is 25.2 Å². The molecule has 1 aliphatic rings. The Bertz CT molecular complexity index is 769. The van der Waals surface area contributed by atoms with Gasteiger partial charge in [-0.15, -0.1) is 0 Å². The Morgan fingerprint density at radius 2 is 2.11 bits per heavy atom. The molecule has 3 rings (SSSR count). The Hall–Kier alpha value is -2.06. The average Bonchev–Trinajstić information content (AvgIpc) is 3.09. The minimum Gasteiger partial charge on any atom is -0.352 e. The third-order valence-electron chi connectivity index (χ3n) is 5.09. The molecule has 2 N–H and O–H groups in total. The van der Waals surface area contributed by atoms with Crippen LogP contribution in [0.2, 0.25) is 0 Å². The number of likely N-dealkylation sites (tertiary alicyclic amines) is 1. The minimum absolute atomic E-state index is 0.180. The number of carbonyl (C=O) groups is 1. The Morgan fingerprint density at radius 3 is 2.78 bits per heavy atom. The Kier molecular flexibility index (Phi) is 6.38. The number of nitrogens with one attached hydrogen (secondary N) is 2. The highest BCUT2D eigenvalue weighted by molar-refractivity contribution is 5.97. The van der Waals surface area contributed by atoms with Crippen LogP contribution in [0.3, 0.4) is 0 Å². The Labute approximate surface area is 157 Å². The van der Waals surface area contributed by atoms with E-state index < -0.39 is 6.43 Å². The van der Waals surface area contributed by atoms with Gasteiger partial charge in [0.25, 0.3) is 12.3 Å². The summed E-state index contributed by atoms with van der Waals surface area (Å²) in [5, 5.41) is 2.98. The molecule has 1 aromatic carbocycles. The number of halogens is 2. The Morgan fingerprint density at radius 1 is 1.37 bits per heavy atom. The number of amides is 1. The summed E-state index contributed by atoms with van der Waals surface area (Å²) in [6.45, 7) is 4.90. The van der Waals surface area contributed by atoms with Crippen LogP contribution in [0.5, 0.6) is 0 Å². The second kappa shape index (κ2) is 8.75. The van der Waals surface area contributed by atoms with E-state index in [-0.39, 0.29) is 11.7 Å². The molecule has 1 saturated heterocycles. The van der Waals surface area contributed by atoms with E-state index in [0.717, 1.165) is 39.0 Å². The number of fused-ring (bicyclic) bond motifs is 1. The van der Waals surface area contributed by atoms with E-state index >= 15 is 0 Å². The topological polar surface area (TPSA) is 64.3 Å². The summed E-state index contributed by atoms with van der Waals surface area (Å²) in [5.41, 5.74) is 1.34. The van der Waals surface area contributed by atoms with Gasteiger partial charge in [-0.3, -0.25) is 4.79 Å². The maximum absolute atomic E-state index is 12.7. The largest absolute Gasteiger partial charge is 0.352 e. The van der Waals surface area contributed by atoms with E-state index in [9.17, 15) is 13.6 Å². The summed E-state index contributed by atoms with van der Waals surface area (Å²) in [6.07, 6.45) is -0.505. The van der Waals surface area contributed by atoms with E-state index in [0.29, 0.717) is 29.1 Å². The summed E-state index contributed by atoms with van der Waals surface area (Å²) < 4.78 is 25.5. The third-order valence-corrected chi connectivity index (χ3v) is 5.09. The number of hydrogen-bond donors (Lipinski definition) is 2. The lowest BCUT2D eigenvalue weighted by molar-refractivity contribution is 0.0935. The second-order valence-electron chi connectivity index (χ2n) is 7.45. The predicted molar refractivity (Wildman–Crippen MR) is 101 cm³/mol. The number of imidazole rings is 1. The van der Waals surface area contributed by atoms with Crippen molar-refractivity contribution in [3.05, 3.63) is 29.6 Å². The van der Waals surface area contributed by atoms with Crippen LogP contribution in [0.15, 0.2) is 18.2 Å². The number of H-pyrrole nitrogens is 1. The SMILES string of the molecule is CN(C)CCN1CCC(CNC(=O)c2ccc3nc(C(F)F)[nH]c3c2)CC1. The van der Waals surface area contributed by atoms with Crippen LogP contribution in [-0.4, -0.2) is 72.5 Å². The molecule has 0 spiro atoms. The van der Waals surface area contributed by atoms with Crippen molar-refractivity contribution < 1.29 is 13.6 Å². The minimum atomic E-state index is -2.65. The third kappa shape index (κ3) is 5.23. The van der Waals surface area contributed by atoms with Crippen LogP contribution >= 0.6 is 0 Å². The van der Waals surface area contributed by atoms with E-state index in [4.69, 9.17) is 0 Å². The van der Waals surface area contributed by atoms with Gasteiger partial charge in [0.1, 0.15) is 0 Å². The van der Waals surface area contributed by atoms with E-state index in [1.54, 1.807) is 18.2 Å². The maximum atomic E-state index is 12.7. The van der Waals surface area contributed by atoms with Crippen molar-refractivity contribution in [2.75, 3.05) is 46.8 Å². The van der Waals surface area contributed by atoms with Crippen molar-refractivity contribution in [1.29, 1.82) is 0 Å². The van der Waals surface area contributed by atoms with Gasteiger partial charge in [-0.1, -0.05) is 0 Å². The molecule has 0 aliphatic carbocycles. The van der Waals surface area contributed by atoms with Gasteiger partial charge in [-0.25, -0.2) is 13.8 Å². The first-order valence-electron chi connectivity index (χ1n) is 9.35. The maximum Gasteiger partial charge on any atom is 0.295 e. The number of piperidine rings is 1. The van der Waals surface area contributed by atoms with Gasteiger partial charge < -0.3 is 20.1 Å². The van der Waals surface area contributed by atoms with Gasteiger partial charge >= 0.3 is 0 Å². The van der Waals surface area contributed by atoms with Crippen LogP contribution < -0.4 is 5.32 Å². The number of nitrogens with zero attached hydrogens (tertiary/aromatic N) is 3. The fraction of sp³-hybridized carbons (Fsp3) is 0.579. The summed E-state index contributed by atoms with van der Waals surface area (Å²) in [5.74, 6) is -0.0744. The molecule has 0 atom stereocenters. The zero-order valence-electron chi connectivity index (χ0n) is 15.8. The number of aromatic amines is 1. The van der Waals surface area contributed by atoms with Gasteiger partial charge in [-0.05, 0) is 64.1 Å². The molecular weight excluding hydrogens is 352 g/mol. The molecule has 0 radical (unpaired) electrons. The number of hydrogen-bond acceptors (Lipinski definition) is 4. The van der Waals surface area contributed by atoms with Crippen molar-refractivity contribution in [1.82, 2.24) is 25.1 Å². The molecule has 2 aromatic rings. The van der Waals surface area contributed by atoms with Gasteiger partial charge in [0.05, 0.1) is 11.0 Å². The molecular formula is C19H27F2N5O. The molecule has 0 saturated carbocycles. The fourth-order valence-corrected chi connectivity index (χ4v) is 3.37. The lowest BCUT2D eigenvalue weighted by atomic mass is 9.96. The molecule has 0 bridgehead atoms. The van der Waals surface area contributed by atoms with Gasteiger partial charge in [0.2, 0.25) is 0 Å². The molecule has 2 heterocycles. The molecule has 0 unspecified atom stereocenters. The quantitative estimate of drug-likeness (QED) is 0.776. The van der Waals surface area contributed by atoms with Gasteiger partial charge in [0.15, 0.2) is 5.82 Å². The molecule has 1 aromatic heterocycles.